The van der Waals surface area contributed by atoms with Crippen molar-refractivity contribution in [3.8, 4) is 0 Å². The minimum atomic E-state index is -4.08. The summed E-state index contributed by atoms with van der Waals surface area (Å²) in [6.07, 6.45) is -0.103. The summed E-state index contributed by atoms with van der Waals surface area (Å²) < 4.78 is 49.3. The first-order chi connectivity index (χ1) is 12.4. The predicted molar refractivity (Wildman–Crippen MR) is 95.7 cm³/mol. The molecule has 0 aromatic heterocycles. The topological polar surface area (TPSA) is 98.5 Å². The van der Waals surface area contributed by atoms with Crippen LogP contribution in [0.15, 0.2) is 18.2 Å². The Labute approximate surface area is 158 Å². The van der Waals surface area contributed by atoms with E-state index in [-0.39, 0.29) is 30.7 Å². The van der Waals surface area contributed by atoms with E-state index < -0.39 is 38.1 Å². The number of ether oxygens (including phenoxy) is 1. The Bertz CT molecular complexity index is 794. The SMILES string of the molecule is CCOC(=O)C(F)(F)[C@@]1(N[S@@](=O)C(C)(C)C)CCc2ccc([N+](=O)[O-])cc21. The first kappa shape index (κ1) is 21.4. The molecule has 0 spiro atoms. The van der Waals surface area contributed by atoms with E-state index in [1.807, 2.05) is 0 Å². The van der Waals surface area contributed by atoms with Gasteiger partial charge in [-0.25, -0.2) is 13.7 Å². The fraction of sp³-hybridized carbons (Fsp3) is 0.588. The number of carbonyl (C=O) groups is 1. The van der Waals surface area contributed by atoms with Crippen molar-refractivity contribution in [2.24, 2.45) is 0 Å². The zero-order valence-corrected chi connectivity index (χ0v) is 16.3. The normalized spacial score (nSPS) is 20.8. The highest BCUT2D eigenvalue weighted by Crippen LogP contribution is 2.49. The minimum absolute atomic E-state index is 0.104. The Morgan fingerprint density at radius 3 is 2.56 bits per heavy atom. The van der Waals surface area contributed by atoms with Crippen molar-refractivity contribution in [2.75, 3.05) is 6.61 Å². The van der Waals surface area contributed by atoms with Crippen molar-refractivity contribution in [2.45, 2.75) is 56.7 Å². The van der Waals surface area contributed by atoms with Gasteiger partial charge in [0, 0.05) is 12.1 Å². The highest BCUT2D eigenvalue weighted by molar-refractivity contribution is 7.84. The van der Waals surface area contributed by atoms with Crippen molar-refractivity contribution in [3.05, 3.63) is 39.4 Å². The molecule has 150 valence electrons. The van der Waals surface area contributed by atoms with Gasteiger partial charge in [0.1, 0.15) is 5.54 Å². The van der Waals surface area contributed by atoms with Crippen LogP contribution < -0.4 is 4.72 Å². The number of esters is 1. The molecule has 27 heavy (non-hydrogen) atoms. The number of hydrogen-bond donors (Lipinski definition) is 1. The smallest absolute Gasteiger partial charge is 0.379 e. The molecule has 0 unspecified atom stereocenters. The van der Waals surface area contributed by atoms with Crippen LogP contribution >= 0.6 is 0 Å². The third kappa shape index (κ3) is 3.73. The number of nitrogens with one attached hydrogen (secondary N) is 1. The molecule has 0 fully saturated rings. The zero-order chi connectivity index (χ0) is 20.6. The van der Waals surface area contributed by atoms with Crippen molar-refractivity contribution >= 4 is 22.6 Å². The molecule has 1 N–H and O–H groups in total. The summed E-state index contributed by atoms with van der Waals surface area (Å²) in [6.45, 7) is 5.92. The van der Waals surface area contributed by atoms with Crippen molar-refractivity contribution in [3.63, 3.8) is 0 Å². The molecule has 1 aliphatic carbocycles. The quantitative estimate of drug-likeness (QED) is 0.446. The molecule has 1 aromatic carbocycles. The van der Waals surface area contributed by atoms with Crippen LogP contribution in [0.1, 0.15) is 45.2 Å². The van der Waals surface area contributed by atoms with Crippen LogP contribution in [0.4, 0.5) is 14.5 Å². The van der Waals surface area contributed by atoms with E-state index in [4.69, 9.17) is 0 Å². The standard InChI is InChI=1S/C17H22F2N2O5S/c1-5-26-14(22)17(18,19)16(20-27(25)15(2,3)4)9-8-11-6-7-12(21(23)24)10-13(11)16/h6-7,10,20H,5,8-9H2,1-4H3/t16-,27+/m1/s1. The van der Waals surface area contributed by atoms with Gasteiger partial charge in [0.05, 0.1) is 27.3 Å². The van der Waals surface area contributed by atoms with E-state index in [1.165, 1.54) is 19.1 Å². The first-order valence-electron chi connectivity index (χ1n) is 8.39. The number of nitro groups is 1. The number of nitro benzene ring substituents is 1. The molecule has 7 nitrogen and oxygen atoms in total. The number of halogens is 2. The van der Waals surface area contributed by atoms with Gasteiger partial charge >= 0.3 is 11.9 Å². The maximum atomic E-state index is 15.3. The van der Waals surface area contributed by atoms with E-state index in [1.54, 1.807) is 20.8 Å². The van der Waals surface area contributed by atoms with Gasteiger partial charge in [0.2, 0.25) is 0 Å². The summed E-state index contributed by atoms with van der Waals surface area (Å²) in [6, 6.07) is 3.62. The highest BCUT2D eigenvalue weighted by atomic mass is 32.2. The van der Waals surface area contributed by atoms with Crippen LogP contribution in [0.5, 0.6) is 0 Å². The summed E-state index contributed by atoms with van der Waals surface area (Å²) >= 11 is 0. The molecule has 1 aromatic rings. The van der Waals surface area contributed by atoms with Crippen molar-refractivity contribution < 1.29 is 27.4 Å². The monoisotopic (exact) mass is 404 g/mol. The van der Waals surface area contributed by atoms with Crippen LogP contribution in [0, 0.1) is 10.1 Å². The Morgan fingerprint density at radius 1 is 1.41 bits per heavy atom. The minimum Gasteiger partial charge on any atom is -0.461 e. The predicted octanol–water partition coefficient (Wildman–Crippen LogP) is 2.99. The number of hydrogen-bond acceptors (Lipinski definition) is 5. The lowest BCUT2D eigenvalue weighted by Gasteiger charge is -2.38. The van der Waals surface area contributed by atoms with E-state index in [0.717, 1.165) is 6.07 Å². The van der Waals surface area contributed by atoms with Gasteiger partial charge in [0.15, 0.2) is 0 Å². The maximum absolute atomic E-state index is 15.3. The number of alkyl halides is 2. The molecular weight excluding hydrogens is 382 g/mol. The number of fused-ring (bicyclic) bond motifs is 1. The summed E-state index contributed by atoms with van der Waals surface area (Å²) in [7, 11) is -1.97. The Hall–Kier alpha value is -1.94. The van der Waals surface area contributed by atoms with E-state index in [2.05, 4.69) is 9.46 Å². The molecule has 2 rings (SSSR count). The largest absolute Gasteiger partial charge is 0.461 e. The third-order valence-corrected chi connectivity index (χ3v) is 6.07. The Balaban J connectivity index is 2.68. The van der Waals surface area contributed by atoms with Gasteiger partial charge in [-0.3, -0.25) is 10.1 Å². The molecule has 0 aliphatic heterocycles. The van der Waals surface area contributed by atoms with E-state index in [9.17, 15) is 19.1 Å². The lowest BCUT2D eigenvalue weighted by molar-refractivity contribution is -0.385. The van der Waals surface area contributed by atoms with Crippen LogP contribution in [-0.4, -0.2) is 32.4 Å². The lowest BCUT2D eigenvalue weighted by atomic mass is 9.85. The molecule has 1 aliphatic rings. The molecule has 0 saturated heterocycles. The van der Waals surface area contributed by atoms with Gasteiger partial charge in [-0.15, -0.1) is 0 Å². The molecule has 10 heteroatoms. The fourth-order valence-corrected chi connectivity index (χ4v) is 3.92. The first-order valence-corrected chi connectivity index (χ1v) is 9.54. The second-order valence-corrected chi connectivity index (χ2v) is 9.25. The Morgan fingerprint density at radius 2 is 2.04 bits per heavy atom. The zero-order valence-electron chi connectivity index (χ0n) is 15.5. The second-order valence-electron chi connectivity index (χ2n) is 7.28. The number of nitrogens with zero attached hydrogens (tertiary/aromatic N) is 1. The summed E-state index contributed by atoms with van der Waals surface area (Å²) in [5, 5.41) is 11.1. The van der Waals surface area contributed by atoms with E-state index >= 15 is 8.78 Å². The van der Waals surface area contributed by atoms with Gasteiger partial charge in [-0.1, -0.05) is 6.07 Å². The molecule has 2 atom stereocenters. The molecule has 0 saturated carbocycles. The molecular formula is C17H22F2N2O5S. The Kier molecular flexibility index (Phi) is 5.72. The van der Waals surface area contributed by atoms with Crippen LogP contribution in [0.25, 0.3) is 0 Å². The lowest BCUT2D eigenvalue weighted by Crippen LogP contribution is -2.61. The summed E-state index contributed by atoms with van der Waals surface area (Å²) in [5.74, 6) is -5.84. The van der Waals surface area contributed by atoms with Crippen LogP contribution in [-0.2, 0) is 32.5 Å². The van der Waals surface area contributed by atoms with Gasteiger partial charge in [-0.2, -0.15) is 8.78 Å². The third-order valence-electron chi connectivity index (χ3n) is 4.42. The average molecular weight is 404 g/mol. The van der Waals surface area contributed by atoms with Gasteiger partial charge in [-0.05, 0) is 51.7 Å². The average Bonchev–Trinajstić information content (AvgIpc) is 2.93. The van der Waals surface area contributed by atoms with Gasteiger partial charge in [0.25, 0.3) is 5.69 Å². The molecule has 0 heterocycles. The number of non-ortho nitro benzene ring substituents is 1. The second kappa shape index (κ2) is 7.23. The summed E-state index contributed by atoms with van der Waals surface area (Å²) in [5.41, 5.74) is -2.42. The molecule has 0 amide bonds. The maximum Gasteiger partial charge on any atom is 0.379 e. The molecule has 0 bridgehead atoms. The number of benzene rings is 1. The van der Waals surface area contributed by atoms with E-state index in [0.29, 0.717) is 5.56 Å². The fourth-order valence-electron chi connectivity index (χ4n) is 2.95. The van der Waals surface area contributed by atoms with Gasteiger partial charge < -0.3 is 4.74 Å². The number of rotatable bonds is 6. The number of carbonyl (C=O) groups excluding carboxylic acids is 1. The number of aryl methyl sites for hydroxylation is 1. The van der Waals surface area contributed by atoms with Crippen LogP contribution in [0.2, 0.25) is 0 Å². The van der Waals surface area contributed by atoms with Crippen molar-refractivity contribution in [1.29, 1.82) is 0 Å². The molecule has 0 radical (unpaired) electrons. The van der Waals surface area contributed by atoms with Crippen LogP contribution in [0.3, 0.4) is 0 Å². The summed E-state index contributed by atoms with van der Waals surface area (Å²) in [4.78, 5) is 22.5. The van der Waals surface area contributed by atoms with Crippen molar-refractivity contribution in [1.82, 2.24) is 4.72 Å². The highest BCUT2D eigenvalue weighted by Gasteiger charge is 2.64.